The van der Waals surface area contributed by atoms with Crippen LogP contribution in [0.3, 0.4) is 0 Å². The first-order valence-corrected chi connectivity index (χ1v) is 9.72. The molecule has 0 aliphatic heterocycles. The van der Waals surface area contributed by atoms with Crippen LogP contribution in [-0.4, -0.2) is 17.7 Å². The Morgan fingerprint density at radius 1 is 0.963 bits per heavy atom. The van der Waals surface area contributed by atoms with Crippen LogP contribution in [0.1, 0.15) is 67.9 Å². The number of thiocarbonyl (C=S) groups is 1. The predicted molar refractivity (Wildman–Crippen MR) is 117 cm³/mol. The highest BCUT2D eigenvalue weighted by Gasteiger charge is 2.15. The third-order valence-corrected chi connectivity index (χ3v) is 4.47. The molecule has 0 bridgehead atoms. The van der Waals surface area contributed by atoms with Gasteiger partial charge in [0.15, 0.2) is 5.11 Å². The molecule has 2 rings (SSSR count). The summed E-state index contributed by atoms with van der Waals surface area (Å²) in [6.07, 6.45) is 0. The van der Waals surface area contributed by atoms with E-state index in [9.17, 15) is 4.79 Å². The van der Waals surface area contributed by atoms with Crippen molar-refractivity contribution in [2.24, 2.45) is 0 Å². The molecule has 0 aromatic heterocycles. The summed E-state index contributed by atoms with van der Waals surface area (Å²) in [6, 6.07) is 13.5. The number of carbonyl (C=O) groups is 1. The lowest BCUT2D eigenvalue weighted by Crippen LogP contribution is -2.21. The molecule has 27 heavy (non-hydrogen) atoms. The van der Waals surface area contributed by atoms with Gasteiger partial charge >= 0.3 is 5.97 Å². The third-order valence-electron chi connectivity index (χ3n) is 4.27. The van der Waals surface area contributed by atoms with Gasteiger partial charge in [0.05, 0.1) is 12.2 Å². The molecule has 0 saturated heterocycles. The highest BCUT2D eigenvalue weighted by molar-refractivity contribution is 7.80. The fraction of sp³-hybridized carbons (Fsp3) is 0.364. The second-order valence-electron chi connectivity index (χ2n) is 7.00. The molecule has 0 unspecified atom stereocenters. The van der Waals surface area contributed by atoms with Crippen molar-refractivity contribution < 1.29 is 9.53 Å². The maximum Gasteiger partial charge on any atom is 0.338 e. The van der Waals surface area contributed by atoms with Crippen LogP contribution in [0, 0.1) is 0 Å². The van der Waals surface area contributed by atoms with Crippen LogP contribution in [0.25, 0.3) is 0 Å². The Balaban J connectivity index is 2.15. The fourth-order valence-corrected chi connectivity index (χ4v) is 3.10. The number of rotatable bonds is 6. The zero-order chi connectivity index (χ0) is 20.0. The second-order valence-corrected chi connectivity index (χ2v) is 7.41. The average Bonchev–Trinajstić information content (AvgIpc) is 2.62. The smallest absolute Gasteiger partial charge is 0.338 e. The standard InChI is InChI=1S/C22H28N2O2S/c1-6-26-21(25)16-10-12-17(13-11-16)23-22(27)24-20-18(14(2)3)8-7-9-19(20)15(4)5/h7-15H,6H2,1-5H3,(H2,23,24,27). The minimum absolute atomic E-state index is 0.322. The highest BCUT2D eigenvalue weighted by Crippen LogP contribution is 2.32. The van der Waals surface area contributed by atoms with E-state index in [1.54, 1.807) is 19.1 Å². The van der Waals surface area contributed by atoms with E-state index in [-0.39, 0.29) is 5.97 Å². The Morgan fingerprint density at radius 2 is 1.52 bits per heavy atom. The molecule has 4 nitrogen and oxygen atoms in total. The van der Waals surface area contributed by atoms with Crippen molar-refractivity contribution >= 4 is 34.7 Å². The Morgan fingerprint density at radius 3 is 2.00 bits per heavy atom. The lowest BCUT2D eigenvalue weighted by molar-refractivity contribution is 0.0526. The summed E-state index contributed by atoms with van der Waals surface area (Å²) in [5.41, 5.74) is 4.89. The zero-order valence-electron chi connectivity index (χ0n) is 16.6. The number of anilines is 2. The topological polar surface area (TPSA) is 50.4 Å². The van der Waals surface area contributed by atoms with Gasteiger partial charge in [0.25, 0.3) is 0 Å². The van der Waals surface area contributed by atoms with Gasteiger partial charge in [-0.05, 0) is 66.4 Å². The minimum Gasteiger partial charge on any atom is -0.462 e. The molecule has 0 amide bonds. The fourth-order valence-electron chi connectivity index (χ4n) is 2.88. The normalized spacial score (nSPS) is 10.8. The molecule has 0 fully saturated rings. The number of benzene rings is 2. The summed E-state index contributed by atoms with van der Waals surface area (Å²) < 4.78 is 5.00. The van der Waals surface area contributed by atoms with E-state index in [4.69, 9.17) is 17.0 Å². The van der Waals surface area contributed by atoms with Crippen molar-refractivity contribution in [1.82, 2.24) is 0 Å². The predicted octanol–water partition coefficient (Wildman–Crippen LogP) is 5.92. The van der Waals surface area contributed by atoms with Crippen molar-refractivity contribution in [1.29, 1.82) is 0 Å². The average molecular weight is 385 g/mol. The molecular weight excluding hydrogens is 356 g/mol. The molecule has 2 aromatic carbocycles. The molecule has 0 aliphatic carbocycles. The summed E-state index contributed by atoms with van der Waals surface area (Å²) in [5.74, 6) is 0.452. The van der Waals surface area contributed by atoms with Gasteiger partial charge in [-0.15, -0.1) is 0 Å². The Kier molecular flexibility index (Phi) is 7.36. The molecule has 0 radical (unpaired) electrons. The molecule has 0 spiro atoms. The molecule has 144 valence electrons. The molecular formula is C22H28N2O2S. The van der Waals surface area contributed by atoms with E-state index in [0.717, 1.165) is 11.4 Å². The highest BCUT2D eigenvalue weighted by atomic mass is 32.1. The minimum atomic E-state index is -0.322. The largest absolute Gasteiger partial charge is 0.462 e. The van der Waals surface area contributed by atoms with Gasteiger partial charge in [-0.25, -0.2) is 4.79 Å². The molecule has 0 aliphatic rings. The number of hydrogen-bond donors (Lipinski definition) is 2. The molecule has 2 aromatic rings. The molecule has 0 saturated carbocycles. The van der Waals surface area contributed by atoms with Crippen LogP contribution < -0.4 is 10.6 Å². The Hall–Kier alpha value is -2.40. The van der Waals surface area contributed by atoms with Crippen LogP contribution >= 0.6 is 12.2 Å². The number of nitrogens with one attached hydrogen (secondary N) is 2. The van der Waals surface area contributed by atoms with Gasteiger partial charge in [0, 0.05) is 11.4 Å². The Labute approximate surface area is 167 Å². The number of esters is 1. The van der Waals surface area contributed by atoms with Gasteiger partial charge in [-0.1, -0.05) is 45.9 Å². The van der Waals surface area contributed by atoms with Crippen molar-refractivity contribution in [2.75, 3.05) is 17.2 Å². The van der Waals surface area contributed by atoms with Gasteiger partial charge in [0.1, 0.15) is 0 Å². The van der Waals surface area contributed by atoms with E-state index in [1.165, 1.54) is 11.1 Å². The van der Waals surface area contributed by atoms with Gasteiger partial charge in [-0.2, -0.15) is 0 Å². The van der Waals surface area contributed by atoms with E-state index in [0.29, 0.717) is 29.1 Å². The lowest BCUT2D eigenvalue weighted by atomic mass is 9.93. The summed E-state index contributed by atoms with van der Waals surface area (Å²) >= 11 is 5.52. The summed E-state index contributed by atoms with van der Waals surface area (Å²) in [6.45, 7) is 10.9. The molecule has 5 heteroatoms. The monoisotopic (exact) mass is 384 g/mol. The first kappa shape index (κ1) is 20.9. The molecule has 2 N–H and O–H groups in total. The molecule has 0 heterocycles. The summed E-state index contributed by atoms with van der Waals surface area (Å²) in [5, 5.41) is 7.09. The van der Waals surface area contributed by atoms with Crippen molar-refractivity contribution in [3.63, 3.8) is 0 Å². The quantitative estimate of drug-likeness (QED) is 0.478. The van der Waals surface area contributed by atoms with E-state index in [1.807, 2.05) is 12.1 Å². The first-order chi connectivity index (χ1) is 12.8. The van der Waals surface area contributed by atoms with Gasteiger partial charge in [-0.3, -0.25) is 0 Å². The Bertz CT molecular complexity index is 772. The third kappa shape index (κ3) is 5.54. The van der Waals surface area contributed by atoms with Crippen molar-refractivity contribution in [3.8, 4) is 0 Å². The SMILES string of the molecule is CCOC(=O)c1ccc(NC(=S)Nc2c(C(C)C)cccc2C(C)C)cc1. The van der Waals surface area contributed by atoms with Crippen LogP contribution in [0.2, 0.25) is 0 Å². The maximum atomic E-state index is 11.7. The number of ether oxygens (including phenoxy) is 1. The first-order valence-electron chi connectivity index (χ1n) is 9.31. The van der Waals surface area contributed by atoms with Gasteiger partial charge in [0.2, 0.25) is 0 Å². The van der Waals surface area contributed by atoms with Crippen LogP contribution in [0.4, 0.5) is 11.4 Å². The maximum absolute atomic E-state index is 11.7. The van der Waals surface area contributed by atoms with Crippen molar-refractivity contribution in [3.05, 3.63) is 59.2 Å². The number of carbonyl (C=O) groups excluding carboxylic acids is 1. The van der Waals surface area contributed by atoms with E-state index in [2.05, 4.69) is 56.5 Å². The summed E-state index contributed by atoms with van der Waals surface area (Å²) in [7, 11) is 0. The van der Waals surface area contributed by atoms with Crippen LogP contribution in [-0.2, 0) is 4.74 Å². The zero-order valence-corrected chi connectivity index (χ0v) is 17.4. The van der Waals surface area contributed by atoms with E-state index < -0.39 is 0 Å². The number of hydrogen-bond acceptors (Lipinski definition) is 3. The van der Waals surface area contributed by atoms with E-state index >= 15 is 0 Å². The summed E-state index contributed by atoms with van der Waals surface area (Å²) in [4.78, 5) is 11.7. The lowest BCUT2D eigenvalue weighted by Gasteiger charge is -2.21. The molecule has 0 atom stereocenters. The number of para-hydroxylation sites is 1. The van der Waals surface area contributed by atoms with Crippen LogP contribution in [0.15, 0.2) is 42.5 Å². The van der Waals surface area contributed by atoms with Gasteiger partial charge < -0.3 is 15.4 Å². The van der Waals surface area contributed by atoms with Crippen LogP contribution in [0.5, 0.6) is 0 Å². The second kappa shape index (κ2) is 9.51. The van der Waals surface area contributed by atoms with Crippen molar-refractivity contribution in [2.45, 2.75) is 46.5 Å².